The van der Waals surface area contributed by atoms with Gasteiger partial charge in [0.25, 0.3) is 0 Å². The van der Waals surface area contributed by atoms with Gasteiger partial charge in [0, 0.05) is 43.9 Å². The number of benzene rings is 9. The largest absolute Gasteiger partial charge is 0.456 e. The smallest absolute Gasteiger partial charge is 0.180 e. The van der Waals surface area contributed by atoms with E-state index in [9.17, 15) is 0 Å². The summed E-state index contributed by atoms with van der Waals surface area (Å²) in [6, 6.07) is 62.1. The maximum absolute atomic E-state index is 6.58. The van der Waals surface area contributed by atoms with Gasteiger partial charge in [0.2, 0.25) is 0 Å². The Morgan fingerprint density at radius 1 is 0.404 bits per heavy atom. The van der Waals surface area contributed by atoms with E-state index in [1.165, 1.54) is 44.0 Å². The van der Waals surface area contributed by atoms with Gasteiger partial charge in [-0.05, 0) is 81.0 Å². The highest BCUT2D eigenvalue weighted by Crippen LogP contribution is 2.53. The molecule has 4 heterocycles. The summed E-state index contributed by atoms with van der Waals surface area (Å²) in [5.74, 6) is 0.640. The van der Waals surface area contributed by atoms with Crippen molar-refractivity contribution >= 4 is 93.4 Å². The van der Waals surface area contributed by atoms with E-state index >= 15 is 0 Å². The number of para-hydroxylation sites is 2. The quantitative estimate of drug-likeness (QED) is 0.181. The van der Waals surface area contributed by atoms with E-state index in [1.54, 1.807) is 0 Å². The van der Waals surface area contributed by atoms with Crippen LogP contribution in [0.25, 0.3) is 110 Å². The minimum Gasteiger partial charge on any atom is -0.456 e. The molecule has 0 unspecified atom stereocenters. The summed E-state index contributed by atoms with van der Waals surface area (Å²) in [6.07, 6.45) is 0. The Kier molecular flexibility index (Phi) is 6.10. The Hall–Kier alpha value is -7.76. The molecule has 0 radical (unpaired) electrons. The van der Waals surface area contributed by atoms with Crippen molar-refractivity contribution in [2.45, 2.75) is 0 Å². The molecule has 0 fully saturated rings. The van der Waals surface area contributed by atoms with Crippen molar-refractivity contribution in [3.8, 4) is 33.8 Å². The summed E-state index contributed by atoms with van der Waals surface area (Å²) in [7, 11) is 0. The lowest BCUT2D eigenvalue weighted by atomic mass is 9.87. The number of nitrogens with zero attached hydrogens (tertiary/aromatic N) is 3. The van der Waals surface area contributed by atoms with Gasteiger partial charge < -0.3 is 13.7 Å². The van der Waals surface area contributed by atoms with Crippen LogP contribution in [0, 0.1) is 0 Å². The lowest BCUT2D eigenvalue weighted by Gasteiger charge is -2.34. The van der Waals surface area contributed by atoms with E-state index in [-0.39, 0.29) is 0 Å². The van der Waals surface area contributed by atoms with E-state index in [4.69, 9.17) is 18.8 Å². The number of aromatic nitrogens is 2. The van der Waals surface area contributed by atoms with Crippen molar-refractivity contribution in [3.05, 3.63) is 176 Å². The van der Waals surface area contributed by atoms with Gasteiger partial charge in [-0.1, -0.05) is 127 Å². The molecule has 57 heavy (non-hydrogen) atoms. The van der Waals surface area contributed by atoms with Crippen LogP contribution in [0.5, 0.6) is 0 Å². The van der Waals surface area contributed by atoms with Crippen molar-refractivity contribution in [2.24, 2.45) is 0 Å². The summed E-state index contributed by atoms with van der Waals surface area (Å²) in [6.45, 7) is 0. The van der Waals surface area contributed by atoms with Crippen molar-refractivity contribution in [1.82, 2.24) is 9.97 Å². The topological polar surface area (TPSA) is 55.3 Å². The van der Waals surface area contributed by atoms with Gasteiger partial charge in [-0.2, -0.15) is 0 Å². The highest BCUT2D eigenvalue weighted by atomic mass is 16.3. The lowest BCUT2D eigenvalue weighted by Crippen LogP contribution is -2.15. The molecule has 0 aliphatic carbocycles. The zero-order chi connectivity index (χ0) is 37.2. The molecule has 0 saturated heterocycles. The van der Waals surface area contributed by atoms with Crippen LogP contribution in [-0.2, 0) is 0 Å². The second-order valence-electron chi connectivity index (χ2n) is 14.9. The molecule has 5 nitrogen and oxygen atoms in total. The predicted molar refractivity (Wildman–Crippen MR) is 234 cm³/mol. The Balaban J connectivity index is 1.04. The van der Waals surface area contributed by atoms with Crippen LogP contribution in [0.3, 0.4) is 0 Å². The van der Waals surface area contributed by atoms with Crippen LogP contribution in [0.15, 0.2) is 185 Å². The Labute approximate surface area is 325 Å². The molecule has 3 aromatic heterocycles. The third-order valence-corrected chi connectivity index (χ3v) is 11.8. The van der Waals surface area contributed by atoms with Crippen LogP contribution >= 0.6 is 0 Å². The molecule has 0 atom stereocenters. The van der Waals surface area contributed by atoms with Gasteiger partial charge in [-0.3, -0.25) is 0 Å². The first-order valence-corrected chi connectivity index (χ1v) is 19.2. The fourth-order valence-electron chi connectivity index (χ4n) is 9.32. The van der Waals surface area contributed by atoms with Gasteiger partial charge in [0.15, 0.2) is 11.4 Å². The molecule has 0 amide bonds. The summed E-state index contributed by atoms with van der Waals surface area (Å²) in [4.78, 5) is 13.1. The zero-order valence-corrected chi connectivity index (χ0v) is 30.4. The Bertz CT molecular complexity index is 3670. The molecule has 0 N–H and O–H groups in total. The number of rotatable bonds is 3. The highest BCUT2D eigenvalue weighted by Gasteiger charge is 2.28. The molecule has 12 aromatic rings. The molecule has 0 spiro atoms. The van der Waals surface area contributed by atoms with Crippen molar-refractivity contribution in [3.63, 3.8) is 0 Å². The third kappa shape index (κ3) is 4.28. The summed E-state index contributed by atoms with van der Waals surface area (Å²) >= 11 is 0. The maximum Gasteiger partial charge on any atom is 0.180 e. The summed E-state index contributed by atoms with van der Waals surface area (Å²) in [5.41, 5.74) is 12.5. The number of furan rings is 2. The van der Waals surface area contributed by atoms with Crippen LogP contribution in [0.1, 0.15) is 0 Å². The van der Waals surface area contributed by atoms with Gasteiger partial charge in [-0.25, -0.2) is 9.97 Å². The predicted octanol–water partition coefficient (Wildman–Crippen LogP) is 14.5. The van der Waals surface area contributed by atoms with Gasteiger partial charge >= 0.3 is 0 Å². The molecule has 1 aliphatic heterocycles. The normalized spacial score (nSPS) is 12.5. The van der Waals surface area contributed by atoms with Gasteiger partial charge in [0.05, 0.1) is 11.4 Å². The van der Waals surface area contributed by atoms with Crippen molar-refractivity contribution < 1.29 is 8.83 Å². The van der Waals surface area contributed by atoms with E-state index in [1.807, 2.05) is 48.5 Å². The second kappa shape index (κ2) is 11.4. The van der Waals surface area contributed by atoms with Crippen molar-refractivity contribution in [1.29, 1.82) is 0 Å². The van der Waals surface area contributed by atoms with Crippen LogP contribution in [0.4, 0.5) is 17.1 Å². The SMILES string of the molecule is c1cc(-c2nc(-c3cccc4oc5ccccc5c34)c3oc4ccccc4c3n2)c2ccc(N3c4ccc5ccccc5c4-c4cccc5cccc3c45)cc2c1. The third-order valence-electron chi connectivity index (χ3n) is 11.8. The molecular formula is C52H29N3O2. The number of fused-ring (bicyclic) bond motifs is 11. The average Bonchev–Trinajstić information content (AvgIpc) is 3.84. The molecule has 0 bridgehead atoms. The zero-order valence-electron chi connectivity index (χ0n) is 30.4. The second-order valence-corrected chi connectivity index (χ2v) is 14.9. The van der Waals surface area contributed by atoms with Crippen LogP contribution in [0.2, 0.25) is 0 Å². The number of hydrogen-bond donors (Lipinski definition) is 0. The molecule has 5 heteroatoms. The van der Waals surface area contributed by atoms with Crippen LogP contribution < -0.4 is 4.90 Å². The minimum absolute atomic E-state index is 0.640. The minimum atomic E-state index is 0.640. The van der Waals surface area contributed by atoms with Crippen molar-refractivity contribution in [2.75, 3.05) is 4.90 Å². The molecule has 0 saturated carbocycles. The highest BCUT2D eigenvalue weighted by molar-refractivity contribution is 6.20. The first kappa shape index (κ1) is 30.6. The fourth-order valence-corrected chi connectivity index (χ4v) is 9.32. The molecular weight excluding hydrogens is 699 g/mol. The van der Waals surface area contributed by atoms with E-state index in [0.29, 0.717) is 11.4 Å². The molecule has 13 rings (SSSR count). The Morgan fingerprint density at radius 3 is 1.98 bits per heavy atom. The summed E-state index contributed by atoms with van der Waals surface area (Å²) < 4.78 is 12.9. The monoisotopic (exact) mass is 727 g/mol. The van der Waals surface area contributed by atoms with Gasteiger partial charge in [-0.15, -0.1) is 0 Å². The molecule has 1 aliphatic rings. The molecule has 264 valence electrons. The maximum atomic E-state index is 6.58. The Morgan fingerprint density at radius 2 is 1.09 bits per heavy atom. The first-order chi connectivity index (χ1) is 28.3. The van der Waals surface area contributed by atoms with E-state index in [0.717, 1.165) is 71.7 Å². The molecule has 9 aromatic carbocycles. The van der Waals surface area contributed by atoms with Crippen LogP contribution in [-0.4, -0.2) is 9.97 Å². The van der Waals surface area contributed by atoms with Gasteiger partial charge in [0.1, 0.15) is 28.0 Å². The standard InChI is InChI=1S/C52H29N3O2/c1-2-15-35-30(11-1)25-28-42-47(35)39-19-7-12-31-13-9-21-41(46(31)39)55(42)33-26-27-34-32(29-33)14-8-18-36(34)52-53-49-38-17-4-6-23-44(38)57-51(49)50(54-52)40-20-10-24-45-48(40)37-16-3-5-22-43(37)56-45/h1-29H. The first-order valence-electron chi connectivity index (χ1n) is 19.2. The number of anilines is 3. The lowest BCUT2D eigenvalue weighted by molar-refractivity contribution is 0.667. The fraction of sp³-hybridized carbons (Fsp3) is 0. The van der Waals surface area contributed by atoms with E-state index < -0.39 is 0 Å². The summed E-state index contributed by atoms with van der Waals surface area (Å²) in [5, 5.41) is 10.1. The average molecular weight is 728 g/mol. The van der Waals surface area contributed by atoms with E-state index in [2.05, 4.69) is 132 Å². The number of hydrogen-bond acceptors (Lipinski definition) is 5.